The van der Waals surface area contributed by atoms with Crippen molar-refractivity contribution in [3.05, 3.63) is 94.7 Å². The summed E-state index contributed by atoms with van der Waals surface area (Å²) in [6.07, 6.45) is 1.22. The summed E-state index contributed by atoms with van der Waals surface area (Å²) < 4.78 is 5.34. The number of hydrogen-bond acceptors (Lipinski definition) is 5. The van der Waals surface area contributed by atoms with Crippen LogP contribution in [0.2, 0.25) is 0 Å². The highest BCUT2D eigenvalue weighted by molar-refractivity contribution is 6.01. The third-order valence-electron chi connectivity index (χ3n) is 6.37. The molecule has 3 aromatic rings. The van der Waals surface area contributed by atoms with Crippen molar-refractivity contribution in [1.82, 2.24) is 0 Å². The molecule has 5 heteroatoms. The fourth-order valence-corrected chi connectivity index (χ4v) is 4.75. The van der Waals surface area contributed by atoms with Gasteiger partial charge in [0.05, 0.1) is 24.5 Å². The van der Waals surface area contributed by atoms with E-state index >= 15 is 0 Å². The van der Waals surface area contributed by atoms with Crippen LogP contribution in [-0.4, -0.2) is 18.0 Å². The van der Waals surface area contributed by atoms with Crippen molar-refractivity contribution in [3.8, 4) is 11.5 Å². The standard InChI is InChI=1S/C27H26N2O3/c1-16-8-10-20-21(12-16)29-27(18-9-11-23(30)25(15-18)32-2)26-22(28-20)13-19(14-24(26)31)17-6-4-3-5-7-17/h3-12,15,19,27-30H,13-14H2,1-2H3/t19-,27-/m1/s1. The normalized spacial score (nSPS) is 19.9. The number of methoxy groups -OCH3 is 1. The fraction of sp³-hybridized carbons (Fsp3) is 0.222. The fourth-order valence-electron chi connectivity index (χ4n) is 4.75. The number of phenols is 1. The smallest absolute Gasteiger partial charge is 0.163 e. The van der Waals surface area contributed by atoms with Crippen LogP contribution < -0.4 is 15.4 Å². The van der Waals surface area contributed by atoms with Gasteiger partial charge in [0.15, 0.2) is 17.3 Å². The molecule has 5 rings (SSSR count). The van der Waals surface area contributed by atoms with E-state index < -0.39 is 0 Å². The molecule has 0 radical (unpaired) electrons. The number of benzene rings is 3. The van der Waals surface area contributed by atoms with Crippen molar-refractivity contribution in [2.45, 2.75) is 31.7 Å². The van der Waals surface area contributed by atoms with E-state index in [0.29, 0.717) is 12.2 Å². The summed E-state index contributed by atoms with van der Waals surface area (Å²) in [5.74, 6) is 0.727. The number of Topliss-reactive ketones (excluding diaryl/α,β-unsaturated/α-hetero) is 1. The number of aromatic hydroxyl groups is 1. The number of ketones is 1. The Hall–Kier alpha value is -3.73. The van der Waals surface area contributed by atoms with Crippen molar-refractivity contribution in [3.63, 3.8) is 0 Å². The van der Waals surface area contributed by atoms with Gasteiger partial charge in [0.1, 0.15) is 0 Å². The van der Waals surface area contributed by atoms with Crippen molar-refractivity contribution in [2.75, 3.05) is 17.7 Å². The maximum atomic E-state index is 13.6. The monoisotopic (exact) mass is 426 g/mol. The van der Waals surface area contributed by atoms with E-state index in [1.165, 1.54) is 12.7 Å². The Labute approximate surface area is 187 Å². The van der Waals surface area contributed by atoms with Gasteiger partial charge in [-0.05, 0) is 60.2 Å². The van der Waals surface area contributed by atoms with Crippen molar-refractivity contribution in [2.24, 2.45) is 0 Å². The molecule has 3 N–H and O–H groups in total. The van der Waals surface area contributed by atoms with E-state index in [2.05, 4.69) is 47.9 Å². The molecule has 0 saturated heterocycles. The predicted molar refractivity (Wildman–Crippen MR) is 126 cm³/mol. The maximum absolute atomic E-state index is 13.6. The maximum Gasteiger partial charge on any atom is 0.163 e. The number of rotatable bonds is 3. The van der Waals surface area contributed by atoms with Crippen LogP contribution in [0.25, 0.3) is 0 Å². The van der Waals surface area contributed by atoms with Gasteiger partial charge in [0, 0.05) is 17.7 Å². The van der Waals surface area contributed by atoms with Crippen LogP contribution in [0.5, 0.6) is 11.5 Å². The quantitative estimate of drug-likeness (QED) is 0.502. The van der Waals surface area contributed by atoms with Gasteiger partial charge in [0.2, 0.25) is 0 Å². The number of anilines is 2. The summed E-state index contributed by atoms with van der Waals surface area (Å²) >= 11 is 0. The molecular weight excluding hydrogens is 400 g/mol. The highest BCUT2D eigenvalue weighted by Gasteiger charge is 2.36. The molecule has 0 bridgehead atoms. The minimum Gasteiger partial charge on any atom is -0.504 e. The van der Waals surface area contributed by atoms with Crippen molar-refractivity contribution in [1.29, 1.82) is 0 Å². The molecule has 0 unspecified atom stereocenters. The van der Waals surface area contributed by atoms with E-state index in [0.717, 1.165) is 40.2 Å². The number of phenolic OH excluding ortho intramolecular Hbond substituents is 1. The van der Waals surface area contributed by atoms with Gasteiger partial charge in [0.25, 0.3) is 0 Å². The van der Waals surface area contributed by atoms with Crippen LogP contribution >= 0.6 is 0 Å². The zero-order valence-corrected chi connectivity index (χ0v) is 18.2. The number of fused-ring (bicyclic) bond motifs is 1. The summed E-state index contributed by atoms with van der Waals surface area (Å²) in [5, 5.41) is 17.3. The first kappa shape index (κ1) is 20.2. The van der Waals surface area contributed by atoms with Crippen LogP contribution in [0.15, 0.2) is 78.0 Å². The third-order valence-corrected chi connectivity index (χ3v) is 6.37. The van der Waals surface area contributed by atoms with E-state index in [4.69, 9.17) is 4.74 Å². The lowest BCUT2D eigenvalue weighted by Gasteiger charge is -2.30. The lowest BCUT2D eigenvalue weighted by molar-refractivity contribution is -0.116. The molecule has 5 nitrogen and oxygen atoms in total. The topological polar surface area (TPSA) is 70.6 Å². The summed E-state index contributed by atoms with van der Waals surface area (Å²) in [4.78, 5) is 13.6. The summed E-state index contributed by atoms with van der Waals surface area (Å²) in [6.45, 7) is 2.05. The molecule has 1 aliphatic heterocycles. The molecule has 162 valence electrons. The number of nitrogens with one attached hydrogen (secondary N) is 2. The average Bonchev–Trinajstić information content (AvgIpc) is 2.96. The van der Waals surface area contributed by atoms with Crippen molar-refractivity contribution < 1.29 is 14.6 Å². The van der Waals surface area contributed by atoms with Gasteiger partial charge in [-0.3, -0.25) is 4.79 Å². The number of carbonyl (C=O) groups excluding carboxylic acids is 1. The summed E-state index contributed by atoms with van der Waals surface area (Å²) in [6, 6.07) is 21.4. The first-order valence-corrected chi connectivity index (χ1v) is 10.9. The molecule has 1 heterocycles. The molecule has 3 aromatic carbocycles. The highest BCUT2D eigenvalue weighted by atomic mass is 16.5. The Kier molecular flexibility index (Phi) is 5.10. The van der Waals surface area contributed by atoms with Gasteiger partial charge in [-0.25, -0.2) is 0 Å². The Morgan fingerprint density at radius 2 is 1.75 bits per heavy atom. The highest BCUT2D eigenvalue weighted by Crippen LogP contribution is 2.45. The molecule has 1 aliphatic carbocycles. The second-order valence-electron chi connectivity index (χ2n) is 8.51. The van der Waals surface area contributed by atoms with Gasteiger partial charge >= 0.3 is 0 Å². The largest absolute Gasteiger partial charge is 0.504 e. The van der Waals surface area contributed by atoms with Crippen LogP contribution in [0, 0.1) is 6.92 Å². The number of aryl methyl sites for hydroxylation is 1. The first-order valence-electron chi connectivity index (χ1n) is 10.9. The Morgan fingerprint density at radius 1 is 0.938 bits per heavy atom. The van der Waals surface area contributed by atoms with Crippen LogP contribution in [-0.2, 0) is 4.79 Å². The van der Waals surface area contributed by atoms with E-state index in [1.807, 2.05) is 24.3 Å². The molecule has 0 amide bonds. The Morgan fingerprint density at radius 3 is 2.53 bits per heavy atom. The van der Waals surface area contributed by atoms with Gasteiger partial charge in [-0.15, -0.1) is 0 Å². The zero-order chi connectivity index (χ0) is 22.2. The van der Waals surface area contributed by atoms with Gasteiger partial charge in [-0.1, -0.05) is 42.5 Å². The summed E-state index contributed by atoms with van der Waals surface area (Å²) in [7, 11) is 1.53. The zero-order valence-electron chi connectivity index (χ0n) is 18.2. The Bertz CT molecular complexity index is 1220. The minimum absolute atomic E-state index is 0.0764. The van der Waals surface area contributed by atoms with Crippen LogP contribution in [0.1, 0.15) is 41.5 Å². The lowest BCUT2D eigenvalue weighted by atomic mass is 9.78. The molecular formula is C27H26N2O3. The number of carbonyl (C=O) groups is 1. The molecule has 0 spiro atoms. The molecule has 2 aliphatic rings. The minimum atomic E-state index is -0.348. The number of ether oxygens (including phenoxy) is 1. The predicted octanol–water partition coefficient (Wildman–Crippen LogP) is 5.69. The lowest BCUT2D eigenvalue weighted by Crippen LogP contribution is -2.26. The molecule has 32 heavy (non-hydrogen) atoms. The first-order chi connectivity index (χ1) is 15.5. The van der Waals surface area contributed by atoms with E-state index in [1.54, 1.807) is 12.1 Å². The summed E-state index contributed by atoms with van der Waals surface area (Å²) in [5.41, 5.74) is 6.78. The molecule has 0 aromatic heterocycles. The van der Waals surface area contributed by atoms with Gasteiger partial charge in [-0.2, -0.15) is 0 Å². The SMILES string of the molecule is COc1cc([C@H]2Nc3cc(C)ccc3NC3=C2C(=O)C[C@H](c2ccccc2)C3)ccc1O. The molecule has 0 saturated carbocycles. The van der Waals surface area contributed by atoms with E-state index in [-0.39, 0.29) is 23.5 Å². The van der Waals surface area contributed by atoms with Crippen LogP contribution in [0.4, 0.5) is 11.4 Å². The van der Waals surface area contributed by atoms with Crippen LogP contribution in [0.3, 0.4) is 0 Å². The van der Waals surface area contributed by atoms with Gasteiger partial charge < -0.3 is 20.5 Å². The number of allylic oxidation sites excluding steroid dienone is 1. The Balaban J connectivity index is 1.64. The second-order valence-corrected chi connectivity index (χ2v) is 8.51. The third kappa shape index (κ3) is 3.60. The average molecular weight is 427 g/mol. The number of hydrogen-bond donors (Lipinski definition) is 3. The van der Waals surface area contributed by atoms with E-state index in [9.17, 15) is 9.90 Å². The molecule has 0 fully saturated rings. The molecule has 2 atom stereocenters. The van der Waals surface area contributed by atoms with Crippen molar-refractivity contribution >= 4 is 17.2 Å². The second kappa shape index (κ2) is 8.08.